The van der Waals surface area contributed by atoms with Gasteiger partial charge < -0.3 is 14.6 Å². The van der Waals surface area contributed by atoms with Crippen LogP contribution >= 0.6 is 0 Å². The normalized spacial score (nSPS) is 10.7. The van der Waals surface area contributed by atoms with Crippen LogP contribution in [0, 0.1) is 6.92 Å². The number of carboxylic acids is 1. The van der Waals surface area contributed by atoms with Gasteiger partial charge in [0.15, 0.2) is 0 Å². The average molecular weight is 206 g/mol. The number of aromatic hydroxyl groups is 1. The van der Waals surface area contributed by atoms with E-state index >= 15 is 0 Å². The van der Waals surface area contributed by atoms with Crippen molar-refractivity contribution in [1.29, 1.82) is 0 Å². The molecule has 15 heavy (non-hydrogen) atoms. The molecule has 0 unspecified atom stereocenters. The number of aliphatic carboxylic acids is 1. The first kappa shape index (κ1) is 9.58. The third-order valence-electron chi connectivity index (χ3n) is 2.21. The zero-order valence-corrected chi connectivity index (χ0v) is 8.15. The van der Waals surface area contributed by atoms with Crippen LogP contribution in [0.1, 0.15) is 11.3 Å². The smallest absolute Gasteiger partial charge is 0.307 e. The quantitative estimate of drug-likeness (QED) is 0.789. The number of furan rings is 1. The maximum Gasteiger partial charge on any atom is 0.307 e. The van der Waals surface area contributed by atoms with Crippen molar-refractivity contribution in [3.8, 4) is 5.75 Å². The molecule has 0 spiro atoms. The van der Waals surface area contributed by atoms with Crippen molar-refractivity contribution in [3.63, 3.8) is 0 Å². The molecule has 0 saturated heterocycles. The maximum absolute atomic E-state index is 10.6. The summed E-state index contributed by atoms with van der Waals surface area (Å²) in [5.74, 6) is -0.162. The highest BCUT2D eigenvalue weighted by molar-refractivity contribution is 5.89. The molecule has 0 radical (unpaired) electrons. The molecule has 1 aromatic heterocycles. The second kappa shape index (κ2) is 3.31. The molecule has 0 aliphatic heterocycles. The Kier molecular flexibility index (Phi) is 2.11. The Balaban J connectivity index is 2.65. The lowest BCUT2D eigenvalue weighted by atomic mass is 10.1. The van der Waals surface area contributed by atoms with Crippen LogP contribution in [-0.4, -0.2) is 16.2 Å². The Morgan fingerprint density at radius 3 is 2.87 bits per heavy atom. The molecule has 0 amide bonds. The molecule has 4 heteroatoms. The van der Waals surface area contributed by atoms with Crippen LogP contribution in [0.4, 0.5) is 0 Å². The molecule has 4 nitrogen and oxygen atoms in total. The summed E-state index contributed by atoms with van der Waals surface area (Å²) in [5.41, 5.74) is 1.03. The molecule has 0 aliphatic carbocycles. The summed E-state index contributed by atoms with van der Waals surface area (Å²) < 4.78 is 5.36. The van der Waals surface area contributed by atoms with Gasteiger partial charge in [0, 0.05) is 5.56 Å². The summed E-state index contributed by atoms with van der Waals surface area (Å²) in [6.45, 7) is 1.75. The predicted molar refractivity (Wildman–Crippen MR) is 54.0 cm³/mol. The fourth-order valence-corrected chi connectivity index (χ4v) is 1.59. The van der Waals surface area contributed by atoms with E-state index in [9.17, 15) is 9.90 Å². The topological polar surface area (TPSA) is 70.7 Å². The summed E-state index contributed by atoms with van der Waals surface area (Å²) in [6.07, 6.45) is -0.107. The Labute approximate surface area is 85.8 Å². The minimum absolute atomic E-state index is 0.107. The molecule has 2 aromatic rings. The molecule has 0 bridgehead atoms. The van der Waals surface area contributed by atoms with E-state index < -0.39 is 5.97 Å². The Bertz CT molecular complexity index is 525. The van der Waals surface area contributed by atoms with Crippen LogP contribution in [0.3, 0.4) is 0 Å². The lowest BCUT2D eigenvalue weighted by Gasteiger charge is -1.99. The zero-order valence-electron chi connectivity index (χ0n) is 8.15. The number of fused-ring (bicyclic) bond motifs is 1. The van der Waals surface area contributed by atoms with E-state index in [1.54, 1.807) is 19.1 Å². The first-order valence-electron chi connectivity index (χ1n) is 4.50. The molecule has 0 saturated carbocycles. The van der Waals surface area contributed by atoms with Gasteiger partial charge in [-0.15, -0.1) is 0 Å². The van der Waals surface area contributed by atoms with Gasteiger partial charge >= 0.3 is 5.97 Å². The minimum Gasteiger partial charge on any atom is -0.507 e. The van der Waals surface area contributed by atoms with E-state index in [-0.39, 0.29) is 12.2 Å². The van der Waals surface area contributed by atoms with Crippen LogP contribution in [0.5, 0.6) is 5.75 Å². The number of carbonyl (C=O) groups is 1. The van der Waals surface area contributed by atoms with Crippen molar-refractivity contribution >= 4 is 16.9 Å². The van der Waals surface area contributed by atoms with Crippen LogP contribution < -0.4 is 0 Å². The van der Waals surface area contributed by atoms with Gasteiger partial charge in [-0.3, -0.25) is 4.79 Å². The van der Waals surface area contributed by atoms with Gasteiger partial charge in [-0.25, -0.2) is 0 Å². The summed E-state index contributed by atoms with van der Waals surface area (Å²) in [6, 6.07) is 4.74. The Hall–Kier alpha value is -1.97. The number of aryl methyl sites for hydroxylation is 1. The summed E-state index contributed by atoms with van der Waals surface area (Å²) in [5, 5.41) is 18.8. The molecule has 0 aliphatic rings. The second-order valence-electron chi connectivity index (χ2n) is 3.41. The van der Waals surface area contributed by atoms with Crippen molar-refractivity contribution in [2.45, 2.75) is 13.3 Å². The molecule has 1 aromatic carbocycles. The molecular formula is C11H10O4. The van der Waals surface area contributed by atoms with E-state index in [0.29, 0.717) is 22.3 Å². The van der Waals surface area contributed by atoms with Gasteiger partial charge in [-0.1, -0.05) is 6.07 Å². The van der Waals surface area contributed by atoms with Crippen LogP contribution in [0.2, 0.25) is 0 Å². The second-order valence-corrected chi connectivity index (χ2v) is 3.41. The number of hydrogen-bond acceptors (Lipinski definition) is 3. The van der Waals surface area contributed by atoms with Crippen molar-refractivity contribution in [3.05, 3.63) is 29.5 Å². The van der Waals surface area contributed by atoms with Gasteiger partial charge in [0.1, 0.15) is 17.1 Å². The summed E-state index contributed by atoms with van der Waals surface area (Å²) >= 11 is 0. The van der Waals surface area contributed by atoms with Crippen molar-refractivity contribution < 1.29 is 19.4 Å². The first-order chi connectivity index (χ1) is 7.08. The third kappa shape index (κ3) is 1.66. The molecule has 78 valence electrons. The van der Waals surface area contributed by atoms with Crippen LogP contribution in [0.25, 0.3) is 11.0 Å². The number of phenolic OH excluding ortho intramolecular Hbond substituents is 1. The van der Waals surface area contributed by atoms with Gasteiger partial charge in [-0.2, -0.15) is 0 Å². The lowest BCUT2D eigenvalue weighted by Crippen LogP contribution is -1.99. The number of hydrogen-bond donors (Lipinski definition) is 2. The highest BCUT2D eigenvalue weighted by Gasteiger charge is 2.12. The number of benzene rings is 1. The number of phenols is 1. The monoisotopic (exact) mass is 206 g/mol. The fraction of sp³-hybridized carbons (Fsp3) is 0.182. The number of carboxylic acid groups (broad SMARTS) is 1. The largest absolute Gasteiger partial charge is 0.507 e. The van der Waals surface area contributed by atoms with Crippen LogP contribution in [-0.2, 0) is 11.2 Å². The highest BCUT2D eigenvalue weighted by atomic mass is 16.4. The molecular weight excluding hydrogens is 196 g/mol. The van der Waals surface area contributed by atoms with Gasteiger partial charge in [0.2, 0.25) is 0 Å². The standard InChI is InChI=1S/C11H10O4/c1-6-4-8-9(12)3-2-7(5-10(13)14)11(8)15-6/h2-4,12H,5H2,1H3,(H,13,14). The van der Waals surface area contributed by atoms with E-state index in [2.05, 4.69) is 0 Å². The Morgan fingerprint density at radius 2 is 2.20 bits per heavy atom. The van der Waals surface area contributed by atoms with Crippen LogP contribution in [0.15, 0.2) is 22.6 Å². The van der Waals surface area contributed by atoms with Gasteiger partial charge in [0.25, 0.3) is 0 Å². The van der Waals surface area contributed by atoms with Crippen molar-refractivity contribution in [2.75, 3.05) is 0 Å². The van der Waals surface area contributed by atoms with Gasteiger partial charge in [-0.05, 0) is 19.1 Å². The molecule has 1 heterocycles. The molecule has 0 atom stereocenters. The highest BCUT2D eigenvalue weighted by Crippen LogP contribution is 2.30. The average Bonchev–Trinajstić information content (AvgIpc) is 2.52. The molecule has 0 fully saturated rings. The molecule has 2 rings (SSSR count). The van der Waals surface area contributed by atoms with Crippen molar-refractivity contribution in [2.24, 2.45) is 0 Å². The molecule has 2 N–H and O–H groups in total. The number of rotatable bonds is 2. The van der Waals surface area contributed by atoms with Crippen molar-refractivity contribution in [1.82, 2.24) is 0 Å². The van der Waals surface area contributed by atoms with E-state index in [4.69, 9.17) is 9.52 Å². The third-order valence-corrected chi connectivity index (χ3v) is 2.21. The van der Waals surface area contributed by atoms with E-state index in [1.807, 2.05) is 0 Å². The summed E-state index contributed by atoms with van der Waals surface area (Å²) in [7, 11) is 0. The van der Waals surface area contributed by atoms with E-state index in [0.717, 1.165) is 0 Å². The fourth-order valence-electron chi connectivity index (χ4n) is 1.59. The Morgan fingerprint density at radius 1 is 1.47 bits per heavy atom. The van der Waals surface area contributed by atoms with E-state index in [1.165, 1.54) is 6.07 Å². The zero-order chi connectivity index (χ0) is 11.0. The van der Waals surface area contributed by atoms with Gasteiger partial charge in [0.05, 0.1) is 11.8 Å². The maximum atomic E-state index is 10.6. The first-order valence-corrected chi connectivity index (χ1v) is 4.50. The SMILES string of the molecule is Cc1cc2c(O)ccc(CC(=O)O)c2o1. The lowest BCUT2D eigenvalue weighted by molar-refractivity contribution is -0.136. The minimum atomic E-state index is -0.920. The summed E-state index contributed by atoms with van der Waals surface area (Å²) in [4.78, 5) is 10.6. The predicted octanol–water partition coefficient (Wildman–Crippen LogP) is 2.07.